The number of carbonyl (C=O) groups is 4. The highest BCUT2D eigenvalue weighted by molar-refractivity contribution is 5.92. The number of hydrogen-bond acceptors (Lipinski definition) is 5. The first-order chi connectivity index (χ1) is 16.7. The molecule has 3 amide bonds. The van der Waals surface area contributed by atoms with Crippen molar-refractivity contribution in [3.63, 3.8) is 0 Å². The number of amides is 3. The number of rotatable bonds is 9. The van der Waals surface area contributed by atoms with E-state index in [4.69, 9.17) is 4.74 Å². The molecule has 0 saturated carbocycles. The van der Waals surface area contributed by atoms with Gasteiger partial charge in [-0.1, -0.05) is 32.0 Å². The Bertz CT molecular complexity index is 1050. The molecule has 1 atom stereocenters. The van der Waals surface area contributed by atoms with Crippen LogP contribution in [0.3, 0.4) is 0 Å². The fourth-order valence-electron chi connectivity index (χ4n) is 4.33. The van der Waals surface area contributed by atoms with E-state index in [1.807, 2.05) is 30.5 Å². The van der Waals surface area contributed by atoms with Crippen molar-refractivity contribution >= 4 is 34.6 Å². The number of aromatic amines is 1. The number of hydrogen-bond donors (Lipinski definition) is 2. The molecule has 1 aromatic carbocycles. The molecule has 2 aromatic rings. The van der Waals surface area contributed by atoms with Crippen LogP contribution in [0.25, 0.3) is 10.9 Å². The molecule has 9 nitrogen and oxygen atoms in total. The second-order valence-electron chi connectivity index (χ2n) is 9.38. The van der Waals surface area contributed by atoms with Gasteiger partial charge in [0.05, 0.1) is 19.1 Å². The van der Waals surface area contributed by atoms with E-state index in [-0.39, 0.29) is 42.1 Å². The highest BCUT2D eigenvalue weighted by Crippen LogP contribution is 2.21. The van der Waals surface area contributed by atoms with Crippen LogP contribution in [0, 0.1) is 11.8 Å². The van der Waals surface area contributed by atoms with E-state index < -0.39 is 6.04 Å². The maximum atomic E-state index is 13.4. The third-order valence-electron chi connectivity index (χ3n) is 6.45. The number of nitrogens with one attached hydrogen (secondary N) is 2. The summed E-state index contributed by atoms with van der Waals surface area (Å²) < 4.78 is 5.09. The number of likely N-dealkylation sites (N-methyl/N-ethyl adjacent to an activating group) is 1. The van der Waals surface area contributed by atoms with Gasteiger partial charge in [0.2, 0.25) is 17.7 Å². The normalized spacial score (nSPS) is 15.2. The predicted molar refractivity (Wildman–Crippen MR) is 132 cm³/mol. The van der Waals surface area contributed by atoms with Crippen LogP contribution in [-0.4, -0.2) is 77.8 Å². The number of para-hydroxylation sites is 1. The number of esters is 1. The molecule has 1 aliphatic heterocycles. The maximum Gasteiger partial charge on any atom is 0.309 e. The van der Waals surface area contributed by atoms with E-state index >= 15 is 0 Å². The van der Waals surface area contributed by atoms with Gasteiger partial charge in [0.1, 0.15) is 6.04 Å². The van der Waals surface area contributed by atoms with Crippen molar-refractivity contribution in [3.05, 3.63) is 36.0 Å². The minimum Gasteiger partial charge on any atom is -0.466 e. The molecule has 35 heavy (non-hydrogen) atoms. The van der Waals surface area contributed by atoms with Crippen molar-refractivity contribution in [2.24, 2.45) is 11.8 Å². The Morgan fingerprint density at radius 3 is 2.51 bits per heavy atom. The van der Waals surface area contributed by atoms with Gasteiger partial charge < -0.3 is 24.8 Å². The number of nitrogens with zero attached hydrogens (tertiary/aromatic N) is 2. The van der Waals surface area contributed by atoms with Gasteiger partial charge in [-0.2, -0.15) is 0 Å². The average Bonchev–Trinajstić information content (AvgIpc) is 3.26. The van der Waals surface area contributed by atoms with E-state index in [0.717, 1.165) is 16.5 Å². The van der Waals surface area contributed by atoms with Crippen LogP contribution in [0.5, 0.6) is 0 Å². The molecule has 2 heterocycles. The lowest BCUT2D eigenvalue weighted by Crippen LogP contribution is -2.52. The minimum atomic E-state index is -0.795. The SMILES string of the molecule is CCOC(=O)C1CCN(C(=O)CN(C)C(=O)C(Cc2c[nH]c3ccccc23)NC(=O)C(C)C)CC1. The molecular formula is C26H36N4O5. The molecule has 1 aliphatic rings. The van der Waals surface area contributed by atoms with E-state index in [9.17, 15) is 19.2 Å². The first-order valence-corrected chi connectivity index (χ1v) is 12.3. The molecule has 1 fully saturated rings. The summed E-state index contributed by atoms with van der Waals surface area (Å²) >= 11 is 0. The fraction of sp³-hybridized carbons (Fsp3) is 0.538. The monoisotopic (exact) mass is 484 g/mol. The van der Waals surface area contributed by atoms with Crippen LogP contribution in [0.1, 0.15) is 39.2 Å². The van der Waals surface area contributed by atoms with Gasteiger partial charge in [0.15, 0.2) is 0 Å². The van der Waals surface area contributed by atoms with E-state index in [1.54, 1.807) is 32.7 Å². The summed E-state index contributed by atoms with van der Waals surface area (Å²) in [5.41, 5.74) is 1.88. The zero-order valence-electron chi connectivity index (χ0n) is 21.0. The van der Waals surface area contributed by atoms with Crippen molar-refractivity contribution in [2.45, 2.75) is 46.1 Å². The molecule has 2 N–H and O–H groups in total. The molecule has 190 valence electrons. The van der Waals surface area contributed by atoms with Crippen molar-refractivity contribution < 1.29 is 23.9 Å². The molecule has 0 aliphatic carbocycles. The number of aromatic nitrogens is 1. The maximum absolute atomic E-state index is 13.4. The van der Waals surface area contributed by atoms with E-state index in [2.05, 4.69) is 10.3 Å². The van der Waals surface area contributed by atoms with Crippen LogP contribution in [0.4, 0.5) is 0 Å². The minimum absolute atomic E-state index is 0.0924. The summed E-state index contributed by atoms with van der Waals surface area (Å²) in [6.07, 6.45) is 3.27. The zero-order valence-corrected chi connectivity index (χ0v) is 21.0. The topological polar surface area (TPSA) is 112 Å². The van der Waals surface area contributed by atoms with Crippen LogP contribution < -0.4 is 5.32 Å². The average molecular weight is 485 g/mol. The highest BCUT2D eigenvalue weighted by Gasteiger charge is 2.31. The second-order valence-corrected chi connectivity index (χ2v) is 9.38. The van der Waals surface area contributed by atoms with Crippen molar-refractivity contribution in [3.8, 4) is 0 Å². The molecule has 1 aromatic heterocycles. The quantitative estimate of drug-likeness (QED) is 0.530. The summed E-state index contributed by atoms with van der Waals surface area (Å²) in [6.45, 7) is 6.48. The van der Waals surface area contributed by atoms with Crippen LogP contribution in [0.15, 0.2) is 30.5 Å². The van der Waals surface area contributed by atoms with Gasteiger partial charge in [-0.05, 0) is 31.4 Å². The van der Waals surface area contributed by atoms with Crippen LogP contribution in [0.2, 0.25) is 0 Å². The standard InChI is InChI=1S/C26H36N4O5/c1-5-35-26(34)18-10-12-30(13-11-18)23(31)16-29(4)25(33)22(28-24(32)17(2)3)14-19-15-27-21-9-7-6-8-20(19)21/h6-9,15,17-18,22,27H,5,10-14,16H2,1-4H3,(H,28,32). The summed E-state index contributed by atoms with van der Waals surface area (Å²) in [5.74, 6) is -1.40. The van der Waals surface area contributed by atoms with Gasteiger partial charge in [0.25, 0.3) is 0 Å². The number of carbonyl (C=O) groups excluding carboxylic acids is 4. The number of likely N-dealkylation sites (tertiary alicyclic amines) is 1. The Labute approximate surface area is 206 Å². The first-order valence-electron chi connectivity index (χ1n) is 12.3. The van der Waals surface area contributed by atoms with Crippen LogP contribution >= 0.6 is 0 Å². The molecule has 0 radical (unpaired) electrons. The highest BCUT2D eigenvalue weighted by atomic mass is 16.5. The lowest BCUT2D eigenvalue weighted by Gasteiger charge is -2.32. The smallest absolute Gasteiger partial charge is 0.309 e. The lowest BCUT2D eigenvalue weighted by molar-refractivity contribution is -0.151. The number of fused-ring (bicyclic) bond motifs is 1. The third kappa shape index (κ3) is 6.61. The van der Waals surface area contributed by atoms with E-state index in [0.29, 0.717) is 39.0 Å². The van der Waals surface area contributed by atoms with Gasteiger partial charge in [-0.3, -0.25) is 19.2 Å². The Morgan fingerprint density at radius 2 is 1.86 bits per heavy atom. The van der Waals surface area contributed by atoms with Gasteiger partial charge >= 0.3 is 5.97 Å². The summed E-state index contributed by atoms with van der Waals surface area (Å²) in [6, 6.07) is 6.99. The molecule has 1 saturated heterocycles. The van der Waals surface area contributed by atoms with Crippen molar-refractivity contribution in [1.29, 1.82) is 0 Å². The summed E-state index contributed by atoms with van der Waals surface area (Å²) in [7, 11) is 1.58. The lowest BCUT2D eigenvalue weighted by atomic mass is 9.97. The number of piperidine rings is 1. The number of ether oxygens (including phenoxy) is 1. The second kappa shape index (κ2) is 11.9. The summed E-state index contributed by atoms with van der Waals surface area (Å²) in [5, 5.41) is 3.86. The molecular weight excluding hydrogens is 448 g/mol. The zero-order chi connectivity index (χ0) is 25.5. The van der Waals surface area contributed by atoms with Gasteiger partial charge in [0, 0.05) is 49.6 Å². The Morgan fingerprint density at radius 1 is 1.17 bits per heavy atom. The Hall–Kier alpha value is -3.36. The van der Waals surface area contributed by atoms with Gasteiger partial charge in [-0.15, -0.1) is 0 Å². The molecule has 9 heteroatoms. The Balaban J connectivity index is 1.65. The van der Waals surface area contributed by atoms with Gasteiger partial charge in [-0.25, -0.2) is 0 Å². The number of benzene rings is 1. The Kier molecular flexibility index (Phi) is 8.89. The molecule has 1 unspecified atom stereocenters. The fourth-order valence-corrected chi connectivity index (χ4v) is 4.33. The van der Waals surface area contributed by atoms with Crippen molar-refractivity contribution in [1.82, 2.24) is 20.1 Å². The van der Waals surface area contributed by atoms with Crippen molar-refractivity contribution in [2.75, 3.05) is 33.3 Å². The molecule has 0 spiro atoms. The largest absolute Gasteiger partial charge is 0.466 e. The van der Waals surface area contributed by atoms with Crippen LogP contribution in [-0.2, 0) is 30.3 Å². The molecule has 3 rings (SSSR count). The van der Waals surface area contributed by atoms with E-state index in [1.165, 1.54) is 4.90 Å². The molecule has 0 bridgehead atoms. The first kappa shape index (κ1) is 26.2. The predicted octanol–water partition coefficient (Wildman–Crippen LogP) is 2.11. The third-order valence-corrected chi connectivity index (χ3v) is 6.45. The summed E-state index contributed by atoms with van der Waals surface area (Å²) in [4.78, 5) is 56.9. The number of H-pyrrole nitrogens is 1.